The highest BCUT2D eigenvalue weighted by Crippen LogP contribution is 2.28. The number of hydrogen-bond acceptors (Lipinski definition) is 3. The molecule has 1 N–H and O–H groups in total. The summed E-state index contributed by atoms with van der Waals surface area (Å²) in [6.07, 6.45) is 8.50. The van der Waals surface area contributed by atoms with E-state index in [1.54, 1.807) is 0 Å². The van der Waals surface area contributed by atoms with Gasteiger partial charge in [0, 0.05) is 36.8 Å². The summed E-state index contributed by atoms with van der Waals surface area (Å²) in [5.74, 6) is 0.0938. The van der Waals surface area contributed by atoms with Crippen LogP contribution in [0.15, 0.2) is 30.3 Å². The number of carbonyl (C=O) groups is 2. The Morgan fingerprint density at radius 3 is 2.70 bits per heavy atom. The molecule has 0 saturated carbocycles. The molecule has 6 nitrogen and oxygen atoms in total. The maximum atomic E-state index is 13.5. The maximum Gasteiger partial charge on any atom is 0.274 e. The molecule has 160 valence electrons. The van der Waals surface area contributed by atoms with Crippen molar-refractivity contribution in [2.24, 2.45) is 0 Å². The molecule has 0 bridgehead atoms. The summed E-state index contributed by atoms with van der Waals surface area (Å²) in [5.41, 5.74) is 3.93. The van der Waals surface area contributed by atoms with E-state index >= 15 is 0 Å². The molecule has 1 aromatic heterocycles. The first kappa shape index (κ1) is 20.6. The summed E-state index contributed by atoms with van der Waals surface area (Å²) in [5, 5.41) is 7.93. The third-order valence-electron chi connectivity index (χ3n) is 6.18. The molecule has 2 aromatic rings. The molecule has 1 atom stereocenters. The summed E-state index contributed by atoms with van der Waals surface area (Å²) >= 11 is 0. The molecule has 0 spiro atoms. The van der Waals surface area contributed by atoms with Gasteiger partial charge in [-0.15, -0.1) is 0 Å². The Labute approximate surface area is 178 Å². The van der Waals surface area contributed by atoms with Crippen molar-refractivity contribution in [3.63, 3.8) is 0 Å². The smallest absolute Gasteiger partial charge is 0.274 e. The molecule has 1 unspecified atom stereocenters. The second kappa shape index (κ2) is 9.45. The van der Waals surface area contributed by atoms with E-state index in [4.69, 9.17) is 5.10 Å². The van der Waals surface area contributed by atoms with Crippen LogP contribution in [0, 0.1) is 0 Å². The highest BCUT2D eigenvalue weighted by atomic mass is 16.2. The second-order valence-corrected chi connectivity index (χ2v) is 8.49. The Balaban J connectivity index is 1.59. The van der Waals surface area contributed by atoms with Gasteiger partial charge in [0.2, 0.25) is 5.91 Å². The van der Waals surface area contributed by atoms with Crippen molar-refractivity contribution in [3.8, 4) is 5.69 Å². The average Bonchev–Trinajstić information content (AvgIpc) is 2.95. The third kappa shape index (κ3) is 4.42. The first-order valence-electron chi connectivity index (χ1n) is 11.4. The van der Waals surface area contributed by atoms with E-state index in [2.05, 4.69) is 5.32 Å². The van der Waals surface area contributed by atoms with Gasteiger partial charge in [-0.3, -0.25) is 9.59 Å². The summed E-state index contributed by atoms with van der Waals surface area (Å²) in [4.78, 5) is 27.4. The number of rotatable bonds is 5. The number of likely N-dealkylation sites (tertiary alicyclic amines) is 1. The van der Waals surface area contributed by atoms with Crippen LogP contribution in [0.25, 0.3) is 5.69 Å². The molecule has 0 radical (unpaired) electrons. The van der Waals surface area contributed by atoms with E-state index < -0.39 is 0 Å². The lowest BCUT2D eigenvalue weighted by Crippen LogP contribution is -2.49. The van der Waals surface area contributed by atoms with E-state index in [1.165, 1.54) is 12.1 Å². The van der Waals surface area contributed by atoms with Gasteiger partial charge in [0.15, 0.2) is 5.69 Å². The minimum atomic E-state index is 0.0114. The normalized spacial score (nSPS) is 19.1. The monoisotopic (exact) mass is 408 g/mol. The number of para-hydroxylation sites is 1. The Bertz CT molecular complexity index is 890. The van der Waals surface area contributed by atoms with Crippen LogP contribution in [0.4, 0.5) is 0 Å². The van der Waals surface area contributed by atoms with Crippen molar-refractivity contribution in [1.29, 1.82) is 0 Å². The molecule has 2 heterocycles. The number of carbonyl (C=O) groups excluding carboxylic acids is 2. The van der Waals surface area contributed by atoms with Crippen LogP contribution >= 0.6 is 0 Å². The fourth-order valence-electron chi connectivity index (χ4n) is 4.69. The molecule has 1 aliphatic heterocycles. The minimum absolute atomic E-state index is 0.0114. The van der Waals surface area contributed by atoms with Crippen molar-refractivity contribution < 1.29 is 9.59 Å². The molecule has 1 aliphatic carbocycles. The fourth-order valence-corrected chi connectivity index (χ4v) is 4.69. The quantitative estimate of drug-likeness (QED) is 0.768. The third-order valence-corrected chi connectivity index (χ3v) is 6.18. The van der Waals surface area contributed by atoms with Crippen molar-refractivity contribution in [2.45, 2.75) is 70.8 Å². The molecular formula is C24H32N4O2. The number of piperidine rings is 1. The molecule has 6 heteroatoms. The van der Waals surface area contributed by atoms with Crippen molar-refractivity contribution in [3.05, 3.63) is 47.3 Å². The van der Waals surface area contributed by atoms with Gasteiger partial charge in [-0.25, -0.2) is 4.68 Å². The predicted molar refractivity (Wildman–Crippen MR) is 117 cm³/mol. The van der Waals surface area contributed by atoms with Gasteiger partial charge in [0.25, 0.3) is 5.91 Å². The van der Waals surface area contributed by atoms with Crippen LogP contribution in [-0.4, -0.2) is 45.6 Å². The zero-order valence-corrected chi connectivity index (χ0v) is 17.9. The number of nitrogens with zero attached hydrogens (tertiary/aromatic N) is 3. The molecular weight excluding hydrogens is 376 g/mol. The number of amides is 2. The highest BCUT2D eigenvalue weighted by Gasteiger charge is 2.31. The minimum Gasteiger partial charge on any atom is -0.352 e. The van der Waals surface area contributed by atoms with Crippen LogP contribution < -0.4 is 5.32 Å². The van der Waals surface area contributed by atoms with Gasteiger partial charge in [-0.1, -0.05) is 31.5 Å². The van der Waals surface area contributed by atoms with E-state index in [-0.39, 0.29) is 17.9 Å². The number of fused-ring (bicyclic) bond motifs is 1. The van der Waals surface area contributed by atoms with E-state index in [9.17, 15) is 9.59 Å². The second-order valence-electron chi connectivity index (χ2n) is 8.49. The predicted octanol–water partition coefficient (Wildman–Crippen LogP) is 3.66. The molecule has 2 aliphatic rings. The van der Waals surface area contributed by atoms with E-state index in [0.717, 1.165) is 62.7 Å². The van der Waals surface area contributed by atoms with E-state index in [0.29, 0.717) is 18.7 Å². The number of aromatic nitrogens is 2. The average molecular weight is 409 g/mol. The molecule has 2 amide bonds. The number of hydrogen-bond donors (Lipinski definition) is 1. The van der Waals surface area contributed by atoms with Crippen LogP contribution in [0.1, 0.15) is 73.6 Å². The Morgan fingerprint density at radius 1 is 1.10 bits per heavy atom. The summed E-state index contributed by atoms with van der Waals surface area (Å²) in [7, 11) is 0. The Hall–Kier alpha value is -2.63. The SMILES string of the molecule is CCCC(=O)NC1CCCN(C(=O)c2nn(-c3ccccc3)c3c2CCCCC3)C1. The van der Waals surface area contributed by atoms with Crippen LogP contribution in [0.5, 0.6) is 0 Å². The molecule has 30 heavy (non-hydrogen) atoms. The Morgan fingerprint density at radius 2 is 1.90 bits per heavy atom. The Kier molecular flexibility index (Phi) is 6.50. The van der Waals surface area contributed by atoms with Crippen LogP contribution in [0.3, 0.4) is 0 Å². The maximum absolute atomic E-state index is 13.5. The number of nitrogens with one attached hydrogen (secondary N) is 1. The highest BCUT2D eigenvalue weighted by molar-refractivity contribution is 5.94. The first-order valence-corrected chi connectivity index (χ1v) is 11.4. The first-order chi connectivity index (χ1) is 14.7. The lowest BCUT2D eigenvalue weighted by molar-refractivity contribution is -0.122. The topological polar surface area (TPSA) is 67.2 Å². The fraction of sp³-hybridized carbons (Fsp3) is 0.542. The molecule has 1 fully saturated rings. The lowest BCUT2D eigenvalue weighted by Gasteiger charge is -2.33. The van der Waals surface area contributed by atoms with Crippen molar-refractivity contribution >= 4 is 11.8 Å². The standard InChI is InChI=1S/C24H32N4O2/c1-2-10-22(29)25-18-11-9-16-27(17-18)24(30)23-20-14-7-4-8-15-21(20)28(26-23)19-12-5-3-6-13-19/h3,5-6,12-13,18H,2,4,7-11,14-17H2,1H3,(H,25,29). The van der Waals surface area contributed by atoms with Gasteiger partial charge in [0.1, 0.15) is 0 Å². The largest absolute Gasteiger partial charge is 0.352 e. The zero-order valence-electron chi connectivity index (χ0n) is 17.9. The molecule has 4 rings (SSSR count). The van der Waals surface area contributed by atoms with Crippen LogP contribution in [-0.2, 0) is 17.6 Å². The molecule has 1 aromatic carbocycles. The van der Waals surface area contributed by atoms with Gasteiger partial charge >= 0.3 is 0 Å². The van der Waals surface area contributed by atoms with Crippen LogP contribution in [0.2, 0.25) is 0 Å². The lowest BCUT2D eigenvalue weighted by atomic mass is 10.0. The van der Waals surface area contributed by atoms with Gasteiger partial charge in [0.05, 0.1) is 5.69 Å². The van der Waals surface area contributed by atoms with Crippen molar-refractivity contribution in [1.82, 2.24) is 20.0 Å². The zero-order chi connectivity index (χ0) is 20.9. The number of benzene rings is 1. The van der Waals surface area contributed by atoms with Crippen molar-refractivity contribution in [2.75, 3.05) is 13.1 Å². The molecule has 1 saturated heterocycles. The van der Waals surface area contributed by atoms with E-state index in [1.807, 2.05) is 46.8 Å². The van der Waals surface area contributed by atoms with Gasteiger partial charge < -0.3 is 10.2 Å². The van der Waals surface area contributed by atoms with Gasteiger partial charge in [-0.05, 0) is 57.1 Å². The van der Waals surface area contributed by atoms with Gasteiger partial charge in [-0.2, -0.15) is 5.10 Å². The summed E-state index contributed by atoms with van der Waals surface area (Å²) < 4.78 is 1.98. The summed E-state index contributed by atoms with van der Waals surface area (Å²) in [6, 6.07) is 10.2. The summed E-state index contributed by atoms with van der Waals surface area (Å²) in [6.45, 7) is 3.30.